The topological polar surface area (TPSA) is 9.86 Å². The zero-order chi connectivity index (χ0) is 39.2. The molecule has 276 valence electrons. The summed E-state index contributed by atoms with van der Waals surface area (Å²) in [7, 11) is 0. The SMILES string of the molecule is C=C(/C=c1\c(=C/C)n(-c2ccccc2)c2ccccc12)c1ccc2c(c1)c1cc3ccccc3cc1n2-c1cccc(-c2cc3c4c(cccc4c2)-c2ccccc2-3)c1. The maximum absolute atomic E-state index is 4.70. The molecule has 0 aliphatic heterocycles. The van der Waals surface area contributed by atoms with Crippen LogP contribution in [0, 0.1) is 0 Å². The van der Waals surface area contributed by atoms with Gasteiger partial charge in [-0.1, -0.05) is 134 Å². The lowest BCUT2D eigenvalue weighted by Crippen LogP contribution is -2.28. The molecule has 0 spiro atoms. The Balaban J connectivity index is 1.04. The van der Waals surface area contributed by atoms with Crippen LogP contribution in [0.1, 0.15) is 12.5 Å². The molecule has 0 unspecified atom stereocenters. The Hall–Kier alpha value is -7.68. The molecule has 59 heavy (non-hydrogen) atoms. The minimum Gasteiger partial charge on any atom is -0.310 e. The molecule has 9 aromatic carbocycles. The molecule has 0 bridgehead atoms. The molecule has 2 heterocycles. The van der Waals surface area contributed by atoms with Gasteiger partial charge >= 0.3 is 0 Å². The van der Waals surface area contributed by atoms with Gasteiger partial charge < -0.3 is 9.13 Å². The molecule has 1 aliphatic rings. The number of rotatable bonds is 5. The summed E-state index contributed by atoms with van der Waals surface area (Å²) in [6.07, 6.45) is 4.48. The fraction of sp³-hybridized carbons (Fsp3) is 0.0175. The first kappa shape index (κ1) is 33.5. The molecule has 0 saturated heterocycles. The van der Waals surface area contributed by atoms with E-state index in [0.29, 0.717) is 0 Å². The van der Waals surface area contributed by atoms with E-state index in [4.69, 9.17) is 6.58 Å². The first-order valence-electron chi connectivity index (χ1n) is 20.4. The van der Waals surface area contributed by atoms with Crippen molar-refractivity contribution in [1.82, 2.24) is 9.13 Å². The zero-order valence-electron chi connectivity index (χ0n) is 32.7. The van der Waals surface area contributed by atoms with Crippen LogP contribution in [0.25, 0.3) is 117 Å². The third-order valence-corrected chi connectivity index (χ3v) is 12.5. The van der Waals surface area contributed by atoms with Crippen molar-refractivity contribution in [2.24, 2.45) is 0 Å². The molecule has 0 saturated carbocycles. The van der Waals surface area contributed by atoms with E-state index in [1.165, 1.54) is 92.9 Å². The van der Waals surface area contributed by atoms with E-state index in [-0.39, 0.29) is 0 Å². The summed E-state index contributed by atoms with van der Waals surface area (Å²) in [6.45, 7) is 6.82. The van der Waals surface area contributed by atoms with Crippen molar-refractivity contribution in [3.05, 3.63) is 211 Å². The quantitative estimate of drug-likeness (QED) is 0.166. The molecule has 2 aromatic heterocycles. The maximum atomic E-state index is 4.70. The van der Waals surface area contributed by atoms with Crippen molar-refractivity contribution in [2.75, 3.05) is 0 Å². The van der Waals surface area contributed by atoms with Crippen molar-refractivity contribution in [3.8, 4) is 44.8 Å². The van der Waals surface area contributed by atoms with Gasteiger partial charge in [-0.05, 0) is 146 Å². The number of hydrogen-bond donors (Lipinski definition) is 0. The van der Waals surface area contributed by atoms with Gasteiger partial charge in [-0.2, -0.15) is 0 Å². The summed E-state index contributed by atoms with van der Waals surface area (Å²) in [5.74, 6) is 0. The van der Waals surface area contributed by atoms with Crippen LogP contribution in [-0.2, 0) is 0 Å². The van der Waals surface area contributed by atoms with E-state index in [1.54, 1.807) is 0 Å². The van der Waals surface area contributed by atoms with Gasteiger partial charge in [0.15, 0.2) is 0 Å². The summed E-state index contributed by atoms with van der Waals surface area (Å²) >= 11 is 0. The van der Waals surface area contributed by atoms with Crippen molar-refractivity contribution < 1.29 is 0 Å². The zero-order valence-corrected chi connectivity index (χ0v) is 32.7. The third kappa shape index (κ3) is 5.06. The first-order valence-corrected chi connectivity index (χ1v) is 20.4. The van der Waals surface area contributed by atoms with E-state index < -0.39 is 0 Å². The largest absolute Gasteiger partial charge is 0.310 e. The molecule has 0 fully saturated rings. The summed E-state index contributed by atoms with van der Waals surface area (Å²) in [5.41, 5.74) is 15.6. The highest BCUT2D eigenvalue weighted by Gasteiger charge is 2.22. The standard InChI is InChI=1S/C57H38N2/c1-3-53-49(47-24-11-12-26-54(47)58(53)43-19-5-4-6-20-43)29-36(2)37-27-28-55-50(32-37)51-33-39-15-7-8-16-40(39)35-56(51)59(55)44-21-13-17-38(31-44)42-30-41-18-14-25-48-45-22-9-10-23-46(45)52(34-42)57(41)48/h3-35H,2H2,1H3/b49-29-,53-3+. The van der Waals surface area contributed by atoms with Crippen molar-refractivity contribution >= 4 is 72.0 Å². The number of fused-ring (bicyclic) bond motifs is 8. The number of nitrogens with zero attached hydrogens (tertiary/aromatic N) is 2. The lowest BCUT2D eigenvalue weighted by Gasteiger charge is -2.12. The maximum Gasteiger partial charge on any atom is 0.0547 e. The normalized spacial score (nSPS) is 12.8. The Labute approximate surface area is 342 Å². The summed E-state index contributed by atoms with van der Waals surface area (Å²) in [6, 6.07) is 68.9. The molecular weight excluding hydrogens is 713 g/mol. The number of benzene rings is 9. The number of para-hydroxylation sites is 2. The molecule has 2 heteroatoms. The molecule has 1 aliphatic carbocycles. The van der Waals surface area contributed by atoms with E-state index in [0.717, 1.165) is 27.9 Å². The number of aromatic nitrogens is 2. The van der Waals surface area contributed by atoms with Gasteiger partial charge in [0.2, 0.25) is 0 Å². The molecular formula is C57H38N2. The minimum atomic E-state index is 0.976. The van der Waals surface area contributed by atoms with Gasteiger partial charge in [0.1, 0.15) is 0 Å². The highest BCUT2D eigenvalue weighted by molar-refractivity contribution is 6.17. The van der Waals surface area contributed by atoms with Crippen LogP contribution in [-0.4, -0.2) is 9.13 Å². The molecule has 0 radical (unpaired) electrons. The van der Waals surface area contributed by atoms with E-state index in [2.05, 4.69) is 216 Å². The smallest absolute Gasteiger partial charge is 0.0547 e. The second-order valence-corrected chi connectivity index (χ2v) is 15.8. The van der Waals surface area contributed by atoms with Gasteiger partial charge in [-0.25, -0.2) is 0 Å². The summed E-state index contributed by atoms with van der Waals surface area (Å²) in [4.78, 5) is 0. The van der Waals surface area contributed by atoms with E-state index in [1.807, 2.05) is 0 Å². The van der Waals surface area contributed by atoms with E-state index in [9.17, 15) is 0 Å². The molecule has 0 atom stereocenters. The van der Waals surface area contributed by atoms with Gasteiger partial charge in [-0.15, -0.1) is 0 Å². The highest BCUT2D eigenvalue weighted by Crippen LogP contribution is 2.48. The fourth-order valence-electron chi connectivity index (χ4n) is 9.83. The molecule has 2 nitrogen and oxygen atoms in total. The van der Waals surface area contributed by atoms with Crippen LogP contribution in [0.2, 0.25) is 0 Å². The van der Waals surface area contributed by atoms with Crippen molar-refractivity contribution in [1.29, 1.82) is 0 Å². The average Bonchev–Trinajstić information content (AvgIpc) is 3.91. The Morgan fingerprint density at radius 1 is 0.441 bits per heavy atom. The third-order valence-electron chi connectivity index (χ3n) is 12.5. The predicted molar refractivity (Wildman–Crippen MR) is 252 cm³/mol. The predicted octanol–water partition coefficient (Wildman–Crippen LogP) is 13.6. The first-order chi connectivity index (χ1) is 29.1. The lowest BCUT2D eigenvalue weighted by atomic mass is 9.96. The number of hydrogen-bond acceptors (Lipinski definition) is 0. The van der Waals surface area contributed by atoms with Gasteiger partial charge in [0, 0.05) is 38.1 Å². The Kier molecular flexibility index (Phi) is 7.33. The Morgan fingerprint density at radius 2 is 1.10 bits per heavy atom. The molecule has 11 aromatic rings. The Bertz CT molecular complexity index is 3690. The summed E-state index contributed by atoms with van der Waals surface area (Å²) in [5, 5.41) is 11.1. The van der Waals surface area contributed by atoms with Gasteiger partial charge in [-0.3, -0.25) is 0 Å². The van der Waals surface area contributed by atoms with Crippen LogP contribution in [0.4, 0.5) is 0 Å². The van der Waals surface area contributed by atoms with Crippen LogP contribution in [0.15, 0.2) is 195 Å². The van der Waals surface area contributed by atoms with Crippen LogP contribution in [0.3, 0.4) is 0 Å². The fourth-order valence-corrected chi connectivity index (χ4v) is 9.83. The van der Waals surface area contributed by atoms with Crippen LogP contribution < -0.4 is 10.6 Å². The second-order valence-electron chi connectivity index (χ2n) is 15.8. The molecule has 0 amide bonds. The average molecular weight is 751 g/mol. The van der Waals surface area contributed by atoms with Crippen molar-refractivity contribution in [3.63, 3.8) is 0 Å². The second kappa shape index (κ2) is 12.9. The molecule has 0 N–H and O–H groups in total. The highest BCUT2D eigenvalue weighted by atomic mass is 15.0. The Morgan fingerprint density at radius 3 is 1.95 bits per heavy atom. The number of allylic oxidation sites excluding steroid dienone is 1. The lowest BCUT2D eigenvalue weighted by molar-refractivity contribution is 1.07. The molecule has 12 rings (SSSR count). The minimum absolute atomic E-state index is 0.976. The van der Waals surface area contributed by atoms with Crippen LogP contribution >= 0.6 is 0 Å². The van der Waals surface area contributed by atoms with Crippen molar-refractivity contribution in [2.45, 2.75) is 6.92 Å². The van der Waals surface area contributed by atoms with Gasteiger partial charge in [0.25, 0.3) is 0 Å². The van der Waals surface area contributed by atoms with Crippen LogP contribution in [0.5, 0.6) is 0 Å². The van der Waals surface area contributed by atoms with E-state index >= 15 is 0 Å². The monoisotopic (exact) mass is 750 g/mol. The summed E-state index contributed by atoms with van der Waals surface area (Å²) < 4.78 is 4.80. The van der Waals surface area contributed by atoms with Gasteiger partial charge in [0.05, 0.1) is 16.6 Å².